The van der Waals surface area contributed by atoms with Gasteiger partial charge in [0, 0.05) is 36.4 Å². The third-order valence-corrected chi connectivity index (χ3v) is 7.35. The summed E-state index contributed by atoms with van der Waals surface area (Å²) in [5.41, 5.74) is 4.85. The average molecular weight is 691 g/mol. The SMILES string of the molecule is CCOC(=O)/C=C(/C)c1ccc(Oc2cc(Oc3ccc(/C(C)=C/C(=O)OCC)cc3)cc(Oc3ccc(/C(C)=C/C(=O)OCC)cc3)c2)cc1. The Kier molecular flexibility index (Phi) is 13.8. The highest BCUT2D eigenvalue weighted by molar-refractivity contribution is 5.92. The Morgan fingerprint density at radius 1 is 0.412 bits per heavy atom. The third-order valence-electron chi connectivity index (χ3n) is 7.35. The Morgan fingerprint density at radius 3 is 0.863 bits per heavy atom. The van der Waals surface area contributed by atoms with E-state index in [1.165, 1.54) is 18.2 Å². The fourth-order valence-electron chi connectivity index (χ4n) is 4.82. The van der Waals surface area contributed by atoms with Gasteiger partial charge in [0.1, 0.15) is 34.5 Å². The Morgan fingerprint density at radius 2 is 0.647 bits per heavy atom. The maximum atomic E-state index is 11.9. The molecular formula is C42H42O9. The van der Waals surface area contributed by atoms with Gasteiger partial charge in [-0.1, -0.05) is 36.4 Å². The maximum Gasteiger partial charge on any atom is 0.331 e. The first-order chi connectivity index (χ1) is 24.6. The summed E-state index contributed by atoms with van der Waals surface area (Å²) in [6.45, 7) is 11.7. The van der Waals surface area contributed by atoms with Crippen molar-refractivity contribution in [3.63, 3.8) is 0 Å². The van der Waals surface area contributed by atoms with E-state index in [9.17, 15) is 14.4 Å². The lowest BCUT2D eigenvalue weighted by molar-refractivity contribution is -0.138. The summed E-state index contributed by atoms with van der Waals surface area (Å²) < 4.78 is 33.7. The second-order valence-corrected chi connectivity index (χ2v) is 11.3. The largest absolute Gasteiger partial charge is 0.463 e. The van der Waals surface area contributed by atoms with Gasteiger partial charge in [-0.15, -0.1) is 0 Å². The summed E-state index contributed by atoms with van der Waals surface area (Å²) in [6, 6.07) is 27.2. The Labute approximate surface area is 298 Å². The number of hydrogen-bond acceptors (Lipinski definition) is 9. The molecule has 0 aliphatic heterocycles. The molecule has 0 atom stereocenters. The van der Waals surface area contributed by atoms with Crippen molar-refractivity contribution < 1.29 is 42.8 Å². The van der Waals surface area contributed by atoms with Gasteiger partial charge in [0.15, 0.2) is 0 Å². The van der Waals surface area contributed by atoms with Gasteiger partial charge < -0.3 is 28.4 Å². The number of carbonyl (C=O) groups excluding carboxylic acids is 3. The van der Waals surface area contributed by atoms with Crippen LogP contribution >= 0.6 is 0 Å². The molecule has 0 saturated carbocycles. The summed E-state index contributed by atoms with van der Waals surface area (Å²) in [4.78, 5) is 35.7. The first-order valence-electron chi connectivity index (χ1n) is 16.6. The molecule has 0 radical (unpaired) electrons. The molecule has 0 bridgehead atoms. The van der Waals surface area contributed by atoms with Crippen LogP contribution in [0.2, 0.25) is 0 Å². The van der Waals surface area contributed by atoms with Crippen LogP contribution in [0.15, 0.2) is 109 Å². The lowest BCUT2D eigenvalue weighted by Gasteiger charge is -2.14. The highest BCUT2D eigenvalue weighted by Gasteiger charge is 2.11. The molecule has 9 heteroatoms. The number of benzene rings is 4. The van der Waals surface area contributed by atoms with Gasteiger partial charge in [-0.3, -0.25) is 0 Å². The van der Waals surface area contributed by atoms with Gasteiger partial charge in [-0.2, -0.15) is 0 Å². The van der Waals surface area contributed by atoms with Crippen molar-refractivity contribution in [1.82, 2.24) is 0 Å². The molecule has 0 amide bonds. The third kappa shape index (κ3) is 11.8. The molecule has 0 aromatic heterocycles. The number of ether oxygens (including phenoxy) is 6. The van der Waals surface area contributed by atoms with E-state index in [1.807, 2.05) is 93.6 Å². The van der Waals surface area contributed by atoms with Crippen molar-refractivity contribution in [2.45, 2.75) is 41.5 Å². The van der Waals surface area contributed by atoms with Crippen LogP contribution in [-0.2, 0) is 28.6 Å². The van der Waals surface area contributed by atoms with Crippen LogP contribution in [0, 0.1) is 0 Å². The van der Waals surface area contributed by atoms with Gasteiger partial charge >= 0.3 is 17.9 Å². The zero-order valence-corrected chi connectivity index (χ0v) is 29.7. The normalized spacial score (nSPS) is 11.8. The molecule has 4 rings (SSSR count). The minimum atomic E-state index is -0.393. The lowest BCUT2D eigenvalue weighted by atomic mass is 10.1. The number of carbonyl (C=O) groups is 3. The zero-order valence-electron chi connectivity index (χ0n) is 29.7. The predicted molar refractivity (Wildman–Crippen MR) is 197 cm³/mol. The number of hydrogen-bond donors (Lipinski definition) is 0. The van der Waals surface area contributed by atoms with Crippen molar-refractivity contribution >= 4 is 34.6 Å². The van der Waals surface area contributed by atoms with E-state index in [0.29, 0.717) is 54.3 Å². The zero-order chi connectivity index (χ0) is 36.8. The van der Waals surface area contributed by atoms with Gasteiger partial charge in [0.2, 0.25) is 0 Å². The Balaban J connectivity index is 1.59. The molecule has 264 valence electrons. The average Bonchev–Trinajstić information content (AvgIpc) is 3.09. The lowest BCUT2D eigenvalue weighted by Crippen LogP contribution is -2.00. The van der Waals surface area contributed by atoms with E-state index in [1.54, 1.807) is 39.0 Å². The van der Waals surface area contributed by atoms with E-state index >= 15 is 0 Å². The van der Waals surface area contributed by atoms with Gasteiger partial charge in [0.25, 0.3) is 0 Å². The standard InChI is InChI=1S/C42H42O9/c1-7-46-40(43)22-28(4)31-10-16-34(17-11-31)49-37-25-38(50-35-18-12-32(13-19-35)29(5)23-41(44)47-8-2)27-39(26-37)51-36-20-14-33(15-21-36)30(6)24-42(45)48-9-3/h10-27H,7-9H2,1-6H3/b28-22-,29-23+,30-24+. The van der Waals surface area contributed by atoms with Crippen molar-refractivity contribution in [1.29, 1.82) is 0 Å². The summed E-state index contributed by atoms with van der Waals surface area (Å²) in [5.74, 6) is 1.89. The van der Waals surface area contributed by atoms with Gasteiger partial charge in [-0.25, -0.2) is 14.4 Å². The smallest absolute Gasteiger partial charge is 0.331 e. The van der Waals surface area contributed by atoms with Gasteiger partial charge in [0.05, 0.1) is 19.8 Å². The van der Waals surface area contributed by atoms with E-state index in [-0.39, 0.29) is 0 Å². The van der Waals surface area contributed by atoms with E-state index in [0.717, 1.165) is 33.4 Å². The van der Waals surface area contributed by atoms with Crippen molar-refractivity contribution in [3.8, 4) is 34.5 Å². The Bertz CT molecular complexity index is 1660. The van der Waals surface area contributed by atoms with Crippen molar-refractivity contribution in [2.24, 2.45) is 0 Å². The van der Waals surface area contributed by atoms with Crippen LogP contribution < -0.4 is 14.2 Å². The Hall–Kier alpha value is -6.09. The number of allylic oxidation sites excluding steroid dienone is 3. The molecule has 4 aromatic carbocycles. The van der Waals surface area contributed by atoms with Crippen molar-refractivity contribution in [3.05, 3.63) is 126 Å². The topological polar surface area (TPSA) is 107 Å². The monoisotopic (exact) mass is 690 g/mol. The maximum absolute atomic E-state index is 11.9. The number of rotatable bonds is 15. The molecule has 0 heterocycles. The minimum absolute atomic E-state index is 0.308. The van der Waals surface area contributed by atoms with Crippen LogP contribution in [0.3, 0.4) is 0 Å². The first kappa shape index (κ1) is 37.7. The fourth-order valence-corrected chi connectivity index (χ4v) is 4.82. The van der Waals surface area contributed by atoms with Crippen molar-refractivity contribution in [2.75, 3.05) is 19.8 Å². The number of esters is 3. The van der Waals surface area contributed by atoms with Crippen LogP contribution in [0.1, 0.15) is 58.2 Å². The summed E-state index contributed by atoms with van der Waals surface area (Å²) in [7, 11) is 0. The van der Waals surface area contributed by atoms with E-state index in [2.05, 4.69) is 0 Å². The van der Waals surface area contributed by atoms with E-state index < -0.39 is 17.9 Å². The highest BCUT2D eigenvalue weighted by Crippen LogP contribution is 2.36. The predicted octanol–water partition coefficient (Wildman–Crippen LogP) is 9.96. The second-order valence-electron chi connectivity index (χ2n) is 11.3. The summed E-state index contributed by atoms with van der Waals surface area (Å²) >= 11 is 0. The molecule has 0 spiro atoms. The second kappa shape index (κ2) is 18.6. The molecule has 0 N–H and O–H groups in total. The molecule has 4 aromatic rings. The van der Waals surface area contributed by atoms with Crippen LogP contribution in [-0.4, -0.2) is 37.7 Å². The molecule has 9 nitrogen and oxygen atoms in total. The minimum Gasteiger partial charge on any atom is -0.463 e. The molecule has 0 aliphatic rings. The summed E-state index contributed by atoms with van der Waals surface area (Å²) in [6.07, 6.45) is 4.37. The molecule has 0 fully saturated rings. The quantitative estimate of drug-likeness (QED) is 0.0684. The first-order valence-corrected chi connectivity index (χ1v) is 16.6. The molecule has 0 saturated heterocycles. The molecular weight excluding hydrogens is 648 g/mol. The fraction of sp³-hybridized carbons (Fsp3) is 0.214. The molecule has 0 aliphatic carbocycles. The highest BCUT2D eigenvalue weighted by atomic mass is 16.5. The molecule has 0 unspecified atom stereocenters. The molecule has 51 heavy (non-hydrogen) atoms. The summed E-state index contributed by atoms with van der Waals surface area (Å²) in [5, 5.41) is 0. The van der Waals surface area contributed by atoms with Crippen LogP contribution in [0.25, 0.3) is 16.7 Å². The van der Waals surface area contributed by atoms with E-state index in [4.69, 9.17) is 28.4 Å². The van der Waals surface area contributed by atoms with Crippen LogP contribution in [0.4, 0.5) is 0 Å². The van der Waals surface area contributed by atoms with Crippen LogP contribution in [0.5, 0.6) is 34.5 Å². The van der Waals surface area contributed by atoms with Gasteiger partial charge in [-0.05, 0) is 111 Å².